The highest BCUT2D eigenvalue weighted by molar-refractivity contribution is 6.30. The summed E-state index contributed by atoms with van der Waals surface area (Å²) in [6.07, 6.45) is 0.943. The van der Waals surface area contributed by atoms with Gasteiger partial charge in [0.2, 0.25) is 0 Å². The minimum atomic E-state index is 0.0238. The molecule has 26 heavy (non-hydrogen) atoms. The Morgan fingerprint density at radius 1 is 0.846 bits per heavy atom. The normalized spacial score (nSPS) is 13.4. The number of benzene rings is 3. The Hall–Kier alpha value is -2.25. The lowest BCUT2D eigenvalue weighted by molar-refractivity contribution is 0.334. The lowest BCUT2D eigenvalue weighted by atomic mass is 9.69. The first-order valence-electron chi connectivity index (χ1n) is 9.05. The molecule has 0 amide bonds. The maximum Gasteiger partial charge on any atom is 0.127 e. The van der Waals surface area contributed by atoms with Crippen LogP contribution in [0.15, 0.2) is 78.9 Å². The Balaban J connectivity index is 1.85. The molecule has 3 aromatic carbocycles. The molecule has 1 atom stereocenters. The second-order valence-corrected chi connectivity index (χ2v) is 7.75. The van der Waals surface area contributed by atoms with E-state index in [9.17, 15) is 0 Å². The molecule has 1 nitrogen and oxygen atoms in total. The zero-order valence-electron chi connectivity index (χ0n) is 15.6. The summed E-state index contributed by atoms with van der Waals surface area (Å²) in [7, 11) is 0. The zero-order chi connectivity index (χ0) is 18.6. The first-order valence-corrected chi connectivity index (χ1v) is 9.43. The first kappa shape index (κ1) is 18.5. The Labute approximate surface area is 161 Å². The maximum absolute atomic E-state index is 6.08. The van der Waals surface area contributed by atoms with E-state index in [0.717, 1.165) is 22.9 Å². The third-order valence-electron chi connectivity index (χ3n) is 5.23. The van der Waals surface area contributed by atoms with Gasteiger partial charge in [-0.3, -0.25) is 0 Å². The molecule has 0 saturated carbocycles. The first-order chi connectivity index (χ1) is 12.5. The second kappa shape index (κ2) is 7.97. The van der Waals surface area contributed by atoms with Gasteiger partial charge in [0.25, 0.3) is 0 Å². The van der Waals surface area contributed by atoms with Crippen molar-refractivity contribution in [1.82, 2.24) is 0 Å². The van der Waals surface area contributed by atoms with Crippen molar-refractivity contribution in [2.45, 2.75) is 32.6 Å². The number of ether oxygens (including phenoxy) is 1. The lowest BCUT2D eigenvalue weighted by Crippen LogP contribution is -2.31. The molecule has 2 heteroatoms. The predicted molar refractivity (Wildman–Crippen MR) is 110 cm³/mol. The van der Waals surface area contributed by atoms with Crippen LogP contribution in [0, 0.1) is 5.92 Å². The second-order valence-electron chi connectivity index (χ2n) is 7.32. The largest absolute Gasteiger partial charge is 0.457 e. The smallest absolute Gasteiger partial charge is 0.127 e. The molecule has 0 N–H and O–H groups in total. The van der Waals surface area contributed by atoms with E-state index in [0.29, 0.717) is 5.92 Å². The van der Waals surface area contributed by atoms with E-state index < -0.39 is 0 Å². The van der Waals surface area contributed by atoms with Crippen LogP contribution in [0.5, 0.6) is 11.5 Å². The van der Waals surface area contributed by atoms with Crippen molar-refractivity contribution in [2.24, 2.45) is 5.92 Å². The van der Waals surface area contributed by atoms with E-state index in [2.05, 4.69) is 51.1 Å². The summed E-state index contributed by atoms with van der Waals surface area (Å²) in [5.41, 5.74) is 2.60. The Morgan fingerprint density at radius 2 is 1.50 bits per heavy atom. The molecule has 0 aliphatic heterocycles. The monoisotopic (exact) mass is 364 g/mol. The fraction of sp³-hybridized carbons (Fsp3) is 0.250. The topological polar surface area (TPSA) is 9.23 Å². The number of hydrogen-bond acceptors (Lipinski definition) is 1. The highest BCUT2D eigenvalue weighted by Gasteiger charge is 2.30. The van der Waals surface area contributed by atoms with Crippen LogP contribution in [0.1, 0.15) is 31.9 Å². The van der Waals surface area contributed by atoms with Gasteiger partial charge < -0.3 is 4.74 Å². The van der Waals surface area contributed by atoms with Crippen molar-refractivity contribution in [3.05, 3.63) is 95.0 Å². The summed E-state index contributed by atoms with van der Waals surface area (Å²) in [5.74, 6) is 2.22. The highest BCUT2D eigenvalue weighted by Crippen LogP contribution is 2.37. The zero-order valence-corrected chi connectivity index (χ0v) is 16.3. The van der Waals surface area contributed by atoms with Gasteiger partial charge in [-0.1, -0.05) is 74.8 Å². The molecule has 0 saturated heterocycles. The van der Waals surface area contributed by atoms with Gasteiger partial charge >= 0.3 is 0 Å². The van der Waals surface area contributed by atoms with Crippen LogP contribution in [0.25, 0.3) is 0 Å². The Morgan fingerprint density at radius 3 is 2.15 bits per heavy atom. The fourth-order valence-corrected chi connectivity index (χ4v) is 3.36. The minimum Gasteiger partial charge on any atom is -0.457 e. The van der Waals surface area contributed by atoms with Crippen LogP contribution in [-0.4, -0.2) is 0 Å². The predicted octanol–water partition coefficient (Wildman–Crippen LogP) is 7.29. The SMILES string of the molecule is CC(C)C(C)(Cc1cccc(Oc2ccccc2)c1)c1ccc(Cl)cc1. The van der Waals surface area contributed by atoms with E-state index in [1.165, 1.54) is 11.1 Å². The summed E-state index contributed by atoms with van der Waals surface area (Å²) >= 11 is 6.08. The molecule has 0 heterocycles. The summed E-state index contributed by atoms with van der Waals surface area (Å²) in [4.78, 5) is 0. The van der Waals surface area contributed by atoms with Crippen molar-refractivity contribution in [2.75, 3.05) is 0 Å². The molecule has 134 valence electrons. The van der Waals surface area contributed by atoms with Gasteiger partial charge in [0.15, 0.2) is 0 Å². The van der Waals surface area contributed by atoms with Crippen LogP contribution in [0.3, 0.4) is 0 Å². The number of para-hydroxylation sites is 1. The Kier molecular flexibility index (Phi) is 5.68. The molecule has 0 radical (unpaired) electrons. The van der Waals surface area contributed by atoms with Crippen LogP contribution in [-0.2, 0) is 11.8 Å². The van der Waals surface area contributed by atoms with E-state index in [-0.39, 0.29) is 5.41 Å². The molecule has 0 aliphatic rings. The minimum absolute atomic E-state index is 0.0238. The van der Waals surface area contributed by atoms with Gasteiger partial charge in [0, 0.05) is 5.02 Å². The van der Waals surface area contributed by atoms with Gasteiger partial charge in [-0.2, -0.15) is 0 Å². The average Bonchev–Trinajstić information content (AvgIpc) is 2.63. The van der Waals surface area contributed by atoms with Gasteiger partial charge in [-0.15, -0.1) is 0 Å². The van der Waals surface area contributed by atoms with Gasteiger partial charge in [-0.25, -0.2) is 0 Å². The van der Waals surface area contributed by atoms with E-state index in [1.807, 2.05) is 48.5 Å². The van der Waals surface area contributed by atoms with Gasteiger partial charge in [0.05, 0.1) is 0 Å². The molecule has 0 aliphatic carbocycles. The lowest BCUT2D eigenvalue weighted by Gasteiger charge is -2.35. The summed E-state index contributed by atoms with van der Waals surface area (Å²) in [6, 6.07) is 26.5. The van der Waals surface area contributed by atoms with Crippen LogP contribution < -0.4 is 4.74 Å². The molecule has 0 bridgehead atoms. The molecule has 3 rings (SSSR count). The van der Waals surface area contributed by atoms with Crippen LogP contribution >= 0.6 is 11.6 Å². The molecule has 0 aromatic heterocycles. The van der Waals surface area contributed by atoms with Crippen molar-refractivity contribution >= 4 is 11.6 Å². The molecule has 0 fully saturated rings. The standard InChI is InChI=1S/C24H25ClO/c1-18(2)24(3,20-12-14-21(25)15-13-20)17-19-8-7-11-23(16-19)26-22-9-5-4-6-10-22/h4-16,18H,17H2,1-3H3. The molecule has 3 aromatic rings. The number of rotatable bonds is 6. The molecule has 1 unspecified atom stereocenters. The summed E-state index contributed by atoms with van der Waals surface area (Å²) in [6.45, 7) is 6.88. The van der Waals surface area contributed by atoms with Crippen molar-refractivity contribution in [3.8, 4) is 11.5 Å². The quantitative estimate of drug-likeness (QED) is 0.446. The number of hydrogen-bond donors (Lipinski definition) is 0. The third-order valence-corrected chi connectivity index (χ3v) is 5.48. The van der Waals surface area contributed by atoms with E-state index >= 15 is 0 Å². The van der Waals surface area contributed by atoms with Crippen LogP contribution in [0.4, 0.5) is 0 Å². The molecular formula is C24H25ClO. The van der Waals surface area contributed by atoms with Crippen molar-refractivity contribution < 1.29 is 4.74 Å². The molecular weight excluding hydrogens is 340 g/mol. The van der Waals surface area contributed by atoms with Gasteiger partial charge in [-0.05, 0) is 65.3 Å². The third kappa shape index (κ3) is 4.28. The highest BCUT2D eigenvalue weighted by atomic mass is 35.5. The average molecular weight is 365 g/mol. The van der Waals surface area contributed by atoms with Crippen molar-refractivity contribution in [3.63, 3.8) is 0 Å². The van der Waals surface area contributed by atoms with E-state index in [1.54, 1.807) is 0 Å². The number of halogens is 1. The summed E-state index contributed by atoms with van der Waals surface area (Å²) < 4.78 is 6.00. The summed E-state index contributed by atoms with van der Waals surface area (Å²) in [5, 5.41) is 0.776. The van der Waals surface area contributed by atoms with E-state index in [4.69, 9.17) is 16.3 Å². The van der Waals surface area contributed by atoms with Crippen molar-refractivity contribution in [1.29, 1.82) is 0 Å². The maximum atomic E-state index is 6.08. The molecule has 0 spiro atoms. The van der Waals surface area contributed by atoms with Crippen LogP contribution in [0.2, 0.25) is 5.02 Å². The van der Waals surface area contributed by atoms with Gasteiger partial charge in [0.1, 0.15) is 11.5 Å². The fourth-order valence-electron chi connectivity index (χ4n) is 3.24. The Bertz CT molecular complexity index is 840.